The largest absolute Gasteiger partial charge is 0.481 e. The molecule has 21 heavy (non-hydrogen) atoms. The van der Waals surface area contributed by atoms with E-state index in [4.69, 9.17) is 15.5 Å². The molecule has 0 aliphatic rings. The van der Waals surface area contributed by atoms with Crippen molar-refractivity contribution in [2.45, 2.75) is 23.8 Å². The number of carboxylic acids is 2. The Morgan fingerprint density at radius 2 is 2.00 bits per heavy atom. The number of nitriles is 1. The van der Waals surface area contributed by atoms with Crippen LogP contribution in [0.3, 0.4) is 0 Å². The minimum absolute atomic E-state index is 0.107. The van der Waals surface area contributed by atoms with Gasteiger partial charge in [0.2, 0.25) is 10.0 Å². The number of nitrogens with zero attached hydrogens (tertiary/aromatic N) is 1. The van der Waals surface area contributed by atoms with Crippen molar-refractivity contribution in [1.82, 2.24) is 4.72 Å². The van der Waals surface area contributed by atoms with Crippen molar-refractivity contribution in [1.29, 1.82) is 5.26 Å². The topological polar surface area (TPSA) is 145 Å². The van der Waals surface area contributed by atoms with Gasteiger partial charge >= 0.3 is 11.9 Å². The van der Waals surface area contributed by atoms with Gasteiger partial charge < -0.3 is 10.2 Å². The van der Waals surface area contributed by atoms with Crippen LogP contribution in [0.5, 0.6) is 0 Å². The zero-order chi connectivity index (χ0) is 16.0. The van der Waals surface area contributed by atoms with Crippen LogP contribution in [0.15, 0.2) is 29.2 Å². The summed E-state index contributed by atoms with van der Waals surface area (Å²) in [5, 5.41) is 26.2. The minimum atomic E-state index is -4.16. The van der Waals surface area contributed by atoms with Gasteiger partial charge in [0.25, 0.3) is 0 Å². The highest BCUT2D eigenvalue weighted by atomic mass is 32.2. The highest BCUT2D eigenvalue weighted by Gasteiger charge is 2.26. The zero-order valence-corrected chi connectivity index (χ0v) is 11.5. The van der Waals surface area contributed by atoms with Crippen LogP contribution in [-0.4, -0.2) is 36.6 Å². The van der Waals surface area contributed by atoms with Crippen molar-refractivity contribution >= 4 is 22.0 Å². The maximum atomic E-state index is 12.0. The molecule has 0 saturated carbocycles. The molecule has 0 heterocycles. The van der Waals surface area contributed by atoms with E-state index in [1.54, 1.807) is 6.07 Å². The lowest BCUT2D eigenvalue weighted by Crippen LogP contribution is -2.41. The fourth-order valence-electron chi connectivity index (χ4n) is 1.49. The average Bonchev–Trinajstić information content (AvgIpc) is 2.43. The third-order valence-electron chi connectivity index (χ3n) is 2.52. The summed E-state index contributed by atoms with van der Waals surface area (Å²) in [7, 11) is -4.16. The first-order chi connectivity index (χ1) is 9.76. The third kappa shape index (κ3) is 4.87. The van der Waals surface area contributed by atoms with Gasteiger partial charge in [-0.2, -0.15) is 9.98 Å². The van der Waals surface area contributed by atoms with E-state index in [1.807, 2.05) is 4.72 Å². The standard InChI is InChI=1S/C12H12N2O6S/c13-7-8-2-1-3-9(6-8)21(19,20)14-10(12(17)18)4-5-11(15)16/h1-3,6,10,14H,4-5H2,(H,15,16)(H,17,18)/t10-/m0/s1. The van der Waals surface area contributed by atoms with Gasteiger partial charge in [0, 0.05) is 6.42 Å². The SMILES string of the molecule is N#Cc1cccc(S(=O)(=O)N[C@@H](CCC(=O)O)C(=O)O)c1. The number of aliphatic carboxylic acids is 2. The number of rotatable bonds is 7. The Labute approximate surface area is 120 Å². The van der Waals surface area contributed by atoms with Gasteiger partial charge in [0.05, 0.1) is 16.5 Å². The molecule has 0 unspecified atom stereocenters. The van der Waals surface area contributed by atoms with Crippen LogP contribution < -0.4 is 4.72 Å². The second-order valence-electron chi connectivity index (χ2n) is 4.08. The van der Waals surface area contributed by atoms with Gasteiger partial charge in [-0.05, 0) is 24.6 Å². The molecule has 0 aliphatic carbocycles. The molecule has 0 spiro atoms. The van der Waals surface area contributed by atoms with Gasteiger partial charge in [-0.3, -0.25) is 9.59 Å². The van der Waals surface area contributed by atoms with E-state index < -0.39 is 34.4 Å². The predicted molar refractivity (Wildman–Crippen MR) is 69.8 cm³/mol. The van der Waals surface area contributed by atoms with Crippen molar-refractivity contribution in [3.63, 3.8) is 0 Å². The third-order valence-corrected chi connectivity index (χ3v) is 3.99. The Kier molecular flexibility index (Phi) is 5.40. The number of benzene rings is 1. The summed E-state index contributed by atoms with van der Waals surface area (Å²) in [5.41, 5.74) is 0.107. The number of nitrogens with one attached hydrogen (secondary N) is 1. The highest BCUT2D eigenvalue weighted by Crippen LogP contribution is 2.12. The number of sulfonamides is 1. The van der Waals surface area contributed by atoms with Crippen LogP contribution in [0.4, 0.5) is 0 Å². The molecule has 1 aromatic rings. The summed E-state index contributed by atoms with van der Waals surface area (Å²) in [5.74, 6) is -2.71. The first kappa shape index (κ1) is 16.6. The van der Waals surface area contributed by atoms with E-state index in [1.165, 1.54) is 18.2 Å². The van der Waals surface area contributed by atoms with Crippen LogP contribution in [-0.2, 0) is 19.6 Å². The number of hydrogen-bond donors (Lipinski definition) is 3. The fourth-order valence-corrected chi connectivity index (χ4v) is 2.76. The van der Waals surface area contributed by atoms with E-state index >= 15 is 0 Å². The highest BCUT2D eigenvalue weighted by molar-refractivity contribution is 7.89. The lowest BCUT2D eigenvalue weighted by molar-refractivity contribution is -0.140. The summed E-state index contributed by atoms with van der Waals surface area (Å²) < 4.78 is 26.0. The lowest BCUT2D eigenvalue weighted by Gasteiger charge is -2.14. The number of carbonyl (C=O) groups is 2. The van der Waals surface area contributed by atoms with Crippen LogP contribution in [0.1, 0.15) is 18.4 Å². The maximum Gasteiger partial charge on any atom is 0.321 e. The quantitative estimate of drug-likeness (QED) is 0.650. The summed E-state index contributed by atoms with van der Waals surface area (Å²) in [4.78, 5) is 21.2. The van der Waals surface area contributed by atoms with Crippen molar-refractivity contribution in [3.8, 4) is 6.07 Å². The molecule has 8 nitrogen and oxygen atoms in total. The van der Waals surface area contributed by atoms with Crippen LogP contribution in [0.2, 0.25) is 0 Å². The molecule has 0 radical (unpaired) electrons. The Morgan fingerprint density at radius 3 is 2.52 bits per heavy atom. The Morgan fingerprint density at radius 1 is 1.33 bits per heavy atom. The summed E-state index contributed by atoms with van der Waals surface area (Å²) >= 11 is 0. The molecule has 3 N–H and O–H groups in total. The molecule has 1 atom stereocenters. The number of hydrogen-bond acceptors (Lipinski definition) is 5. The van der Waals surface area contributed by atoms with E-state index in [2.05, 4.69) is 0 Å². The van der Waals surface area contributed by atoms with Crippen LogP contribution in [0, 0.1) is 11.3 Å². The zero-order valence-electron chi connectivity index (χ0n) is 10.7. The molecule has 1 aromatic carbocycles. The average molecular weight is 312 g/mol. The van der Waals surface area contributed by atoms with Gasteiger partial charge in [0.1, 0.15) is 6.04 Å². The second kappa shape index (κ2) is 6.83. The van der Waals surface area contributed by atoms with Gasteiger partial charge in [-0.25, -0.2) is 8.42 Å². The summed E-state index contributed by atoms with van der Waals surface area (Å²) in [6.45, 7) is 0. The molecule has 1 rings (SSSR count). The Balaban J connectivity index is 2.98. The molecular formula is C12H12N2O6S. The molecule has 0 aromatic heterocycles. The molecule has 0 amide bonds. The molecule has 0 saturated heterocycles. The van der Waals surface area contributed by atoms with Crippen molar-refractivity contribution in [3.05, 3.63) is 29.8 Å². The van der Waals surface area contributed by atoms with E-state index in [9.17, 15) is 18.0 Å². The number of carboxylic acid groups (broad SMARTS) is 2. The molecular weight excluding hydrogens is 300 g/mol. The predicted octanol–water partition coefficient (Wildman–Crippen LogP) is 0.155. The maximum absolute atomic E-state index is 12.0. The van der Waals surface area contributed by atoms with Gasteiger partial charge in [-0.15, -0.1) is 0 Å². The Hall–Kier alpha value is -2.44. The van der Waals surface area contributed by atoms with E-state index in [0.717, 1.165) is 6.07 Å². The normalized spacial score (nSPS) is 12.3. The van der Waals surface area contributed by atoms with E-state index in [-0.39, 0.29) is 16.9 Å². The van der Waals surface area contributed by atoms with Gasteiger partial charge in [-0.1, -0.05) is 6.07 Å². The molecule has 9 heteroatoms. The van der Waals surface area contributed by atoms with Crippen molar-refractivity contribution in [2.24, 2.45) is 0 Å². The van der Waals surface area contributed by atoms with Crippen LogP contribution >= 0.6 is 0 Å². The molecule has 0 fully saturated rings. The second-order valence-corrected chi connectivity index (χ2v) is 5.80. The van der Waals surface area contributed by atoms with Crippen LogP contribution in [0.25, 0.3) is 0 Å². The fraction of sp³-hybridized carbons (Fsp3) is 0.250. The van der Waals surface area contributed by atoms with Crippen molar-refractivity contribution in [2.75, 3.05) is 0 Å². The summed E-state index contributed by atoms with van der Waals surface area (Å²) in [6, 6.07) is 5.26. The van der Waals surface area contributed by atoms with Gasteiger partial charge in [0.15, 0.2) is 0 Å². The first-order valence-electron chi connectivity index (χ1n) is 5.73. The van der Waals surface area contributed by atoms with Crippen molar-refractivity contribution < 1.29 is 28.2 Å². The Bertz CT molecular complexity index is 692. The monoisotopic (exact) mass is 312 g/mol. The smallest absolute Gasteiger partial charge is 0.321 e. The molecule has 112 valence electrons. The molecule has 0 aliphatic heterocycles. The minimum Gasteiger partial charge on any atom is -0.481 e. The molecule has 0 bridgehead atoms. The summed E-state index contributed by atoms with van der Waals surface area (Å²) in [6.07, 6.45) is -0.875. The first-order valence-corrected chi connectivity index (χ1v) is 7.21. The lowest BCUT2D eigenvalue weighted by atomic mass is 10.2. The van der Waals surface area contributed by atoms with E-state index in [0.29, 0.717) is 0 Å².